The van der Waals surface area contributed by atoms with Gasteiger partial charge in [0.05, 0.1) is 11.4 Å². The minimum atomic E-state index is -0.408. The molecule has 0 saturated carbocycles. The van der Waals surface area contributed by atoms with Crippen LogP contribution in [0.1, 0.15) is 20.8 Å². The van der Waals surface area contributed by atoms with E-state index in [0.29, 0.717) is 10.5 Å². The summed E-state index contributed by atoms with van der Waals surface area (Å²) in [7, 11) is 0. The predicted molar refractivity (Wildman–Crippen MR) is 92.5 cm³/mol. The highest BCUT2D eigenvalue weighted by Gasteiger charge is 2.36. The number of carbonyl (C=O) groups is 3. The third-order valence-corrected chi connectivity index (χ3v) is 5.09. The standard InChI is InChI=1S/C17H13NO3S2/c1-11-4-6-12(7-5-11)14(19)10-18-16(20)15(23-17(18)21)9-13-3-2-8-22-13/h2-9H,10H2,1H3/b15-9-. The number of nitrogens with zero attached hydrogens (tertiary/aromatic N) is 1. The first-order chi connectivity index (χ1) is 11.0. The number of ketones is 1. The summed E-state index contributed by atoms with van der Waals surface area (Å²) in [6, 6.07) is 10.8. The number of thioether (sulfide) groups is 1. The lowest BCUT2D eigenvalue weighted by molar-refractivity contribution is -0.122. The number of imide groups is 1. The molecule has 3 rings (SSSR count). The smallest absolute Gasteiger partial charge is 0.292 e. The maximum absolute atomic E-state index is 12.3. The molecule has 0 radical (unpaired) electrons. The van der Waals surface area contributed by atoms with Gasteiger partial charge in [-0.15, -0.1) is 11.3 Å². The maximum atomic E-state index is 12.3. The van der Waals surface area contributed by atoms with Crippen molar-refractivity contribution in [2.24, 2.45) is 0 Å². The molecule has 2 heterocycles. The fourth-order valence-corrected chi connectivity index (χ4v) is 3.67. The topological polar surface area (TPSA) is 54.5 Å². The summed E-state index contributed by atoms with van der Waals surface area (Å²) in [5, 5.41) is 1.50. The van der Waals surface area contributed by atoms with Gasteiger partial charge < -0.3 is 0 Å². The van der Waals surface area contributed by atoms with E-state index < -0.39 is 11.1 Å². The monoisotopic (exact) mass is 343 g/mol. The highest BCUT2D eigenvalue weighted by atomic mass is 32.2. The number of hydrogen-bond donors (Lipinski definition) is 0. The molecule has 1 aliphatic rings. The van der Waals surface area contributed by atoms with E-state index in [-0.39, 0.29) is 12.3 Å². The van der Waals surface area contributed by atoms with Crippen LogP contribution in [0, 0.1) is 6.92 Å². The van der Waals surface area contributed by atoms with Gasteiger partial charge in [0, 0.05) is 10.4 Å². The van der Waals surface area contributed by atoms with Crippen molar-refractivity contribution in [1.82, 2.24) is 4.90 Å². The first kappa shape index (κ1) is 15.7. The Balaban J connectivity index is 1.75. The number of hydrogen-bond acceptors (Lipinski definition) is 5. The van der Waals surface area contributed by atoms with Crippen LogP contribution in [0.4, 0.5) is 4.79 Å². The van der Waals surface area contributed by atoms with Gasteiger partial charge in [-0.25, -0.2) is 0 Å². The lowest BCUT2D eigenvalue weighted by atomic mass is 10.1. The predicted octanol–water partition coefficient (Wildman–Crippen LogP) is 3.98. The van der Waals surface area contributed by atoms with Crippen LogP contribution < -0.4 is 0 Å². The summed E-state index contributed by atoms with van der Waals surface area (Å²) in [6.45, 7) is 1.70. The average molecular weight is 343 g/mol. The van der Waals surface area contributed by atoms with Gasteiger partial charge in [0.15, 0.2) is 5.78 Å². The van der Waals surface area contributed by atoms with Crippen molar-refractivity contribution >= 4 is 46.1 Å². The Morgan fingerprint density at radius 1 is 1.17 bits per heavy atom. The summed E-state index contributed by atoms with van der Waals surface area (Å²) in [5.41, 5.74) is 1.54. The lowest BCUT2D eigenvalue weighted by Gasteiger charge is -2.11. The van der Waals surface area contributed by atoms with Gasteiger partial charge in [0.1, 0.15) is 0 Å². The van der Waals surface area contributed by atoms with Crippen LogP contribution in [-0.2, 0) is 4.79 Å². The minimum Gasteiger partial charge on any atom is -0.292 e. The highest BCUT2D eigenvalue weighted by molar-refractivity contribution is 8.18. The van der Waals surface area contributed by atoms with Crippen molar-refractivity contribution in [3.63, 3.8) is 0 Å². The fraction of sp³-hybridized carbons (Fsp3) is 0.118. The number of Topliss-reactive ketones (excluding diaryl/α,β-unsaturated/α-hetero) is 1. The molecule has 116 valence electrons. The van der Waals surface area contributed by atoms with Crippen molar-refractivity contribution in [1.29, 1.82) is 0 Å². The maximum Gasteiger partial charge on any atom is 0.293 e. The lowest BCUT2D eigenvalue weighted by Crippen LogP contribution is -2.33. The van der Waals surface area contributed by atoms with Crippen molar-refractivity contribution in [2.45, 2.75) is 6.92 Å². The molecule has 0 atom stereocenters. The molecule has 1 saturated heterocycles. The minimum absolute atomic E-state index is 0.227. The second-order valence-electron chi connectivity index (χ2n) is 5.07. The quantitative estimate of drug-likeness (QED) is 0.622. The van der Waals surface area contributed by atoms with E-state index in [1.165, 1.54) is 11.3 Å². The molecule has 1 aromatic heterocycles. The van der Waals surface area contributed by atoms with Gasteiger partial charge in [-0.1, -0.05) is 35.9 Å². The number of aryl methyl sites for hydroxylation is 1. The van der Waals surface area contributed by atoms with Crippen LogP contribution in [0.2, 0.25) is 0 Å². The second kappa shape index (κ2) is 6.52. The number of benzene rings is 1. The Bertz CT molecular complexity index is 792. The van der Waals surface area contributed by atoms with Crippen LogP contribution >= 0.6 is 23.1 Å². The van der Waals surface area contributed by atoms with E-state index in [4.69, 9.17) is 0 Å². The Hall–Kier alpha value is -2.18. The molecular weight excluding hydrogens is 330 g/mol. The number of rotatable bonds is 4. The van der Waals surface area contributed by atoms with E-state index in [9.17, 15) is 14.4 Å². The SMILES string of the molecule is Cc1ccc(C(=O)CN2C(=O)S/C(=C\c3cccs3)C2=O)cc1. The Labute approximate surface area is 141 Å². The molecule has 1 aromatic carbocycles. The Kier molecular flexibility index (Phi) is 4.45. The van der Waals surface area contributed by atoms with E-state index in [1.54, 1.807) is 18.2 Å². The van der Waals surface area contributed by atoms with Crippen LogP contribution in [0.15, 0.2) is 46.7 Å². The third kappa shape index (κ3) is 3.43. The van der Waals surface area contributed by atoms with E-state index in [1.807, 2.05) is 36.6 Å². The zero-order valence-corrected chi connectivity index (χ0v) is 13.9. The highest BCUT2D eigenvalue weighted by Crippen LogP contribution is 2.33. The molecule has 4 nitrogen and oxygen atoms in total. The number of carbonyl (C=O) groups excluding carboxylic acids is 3. The molecule has 2 amide bonds. The van der Waals surface area contributed by atoms with Crippen LogP contribution in [0.5, 0.6) is 0 Å². The molecule has 1 aliphatic heterocycles. The van der Waals surface area contributed by atoms with Crippen molar-refractivity contribution in [2.75, 3.05) is 6.54 Å². The van der Waals surface area contributed by atoms with Gasteiger partial charge in [-0.2, -0.15) is 0 Å². The normalized spacial score (nSPS) is 16.4. The molecule has 0 N–H and O–H groups in total. The van der Waals surface area contributed by atoms with Crippen molar-refractivity contribution in [3.05, 3.63) is 62.7 Å². The van der Waals surface area contributed by atoms with E-state index in [2.05, 4.69) is 0 Å². The summed E-state index contributed by atoms with van der Waals surface area (Å²) < 4.78 is 0. The summed E-state index contributed by atoms with van der Waals surface area (Å²) in [5.74, 6) is -0.654. The molecule has 6 heteroatoms. The van der Waals surface area contributed by atoms with Crippen LogP contribution in [0.3, 0.4) is 0 Å². The number of amides is 2. The molecule has 0 unspecified atom stereocenters. The van der Waals surface area contributed by atoms with E-state index in [0.717, 1.165) is 27.1 Å². The van der Waals surface area contributed by atoms with Gasteiger partial charge in [-0.3, -0.25) is 19.3 Å². The van der Waals surface area contributed by atoms with Crippen molar-refractivity contribution < 1.29 is 14.4 Å². The second-order valence-corrected chi connectivity index (χ2v) is 7.04. The summed E-state index contributed by atoms with van der Waals surface area (Å²) in [4.78, 5) is 38.9. The van der Waals surface area contributed by atoms with Gasteiger partial charge >= 0.3 is 0 Å². The van der Waals surface area contributed by atoms with Crippen LogP contribution in [0.25, 0.3) is 6.08 Å². The fourth-order valence-electron chi connectivity index (χ4n) is 2.11. The molecule has 1 fully saturated rings. The molecule has 2 aromatic rings. The van der Waals surface area contributed by atoms with Gasteiger partial charge in [-0.05, 0) is 36.2 Å². The molecule has 0 aliphatic carbocycles. The van der Waals surface area contributed by atoms with Gasteiger partial charge in [0.2, 0.25) is 0 Å². The third-order valence-electron chi connectivity index (χ3n) is 3.37. The average Bonchev–Trinajstić information content (AvgIpc) is 3.12. The largest absolute Gasteiger partial charge is 0.293 e. The molecular formula is C17H13NO3S2. The van der Waals surface area contributed by atoms with E-state index >= 15 is 0 Å². The van der Waals surface area contributed by atoms with Crippen molar-refractivity contribution in [3.8, 4) is 0 Å². The Morgan fingerprint density at radius 3 is 2.57 bits per heavy atom. The zero-order chi connectivity index (χ0) is 16.4. The molecule has 23 heavy (non-hydrogen) atoms. The zero-order valence-electron chi connectivity index (χ0n) is 12.3. The first-order valence-electron chi connectivity index (χ1n) is 6.93. The number of thiophene rings is 1. The molecule has 0 spiro atoms. The molecule has 0 bridgehead atoms. The summed E-state index contributed by atoms with van der Waals surface area (Å²) >= 11 is 2.36. The van der Waals surface area contributed by atoms with Crippen LogP contribution in [-0.4, -0.2) is 28.4 Å². The summed E-state index contributed by atoms with van der Waals surface area (Å²) in [6.07, 6.45) is 1.69. The Morgan fingerprint density at radius 2 is 1.91 bits per heavy atom. The first-order valence-corrected chi connectivity index (χ1v) is 8.63. The van der Waals surface area contributed by atoms with Gasteiger partial charge in [0.25, 0.3) is 11.1 Å².